The van der Waals surface area contributed by atoms with Crippen LogP contribution in [0.1, 0.15) is 0 Å². The van der Waals surface area contributed by atoms with Crippen molar-refractivity contribution in [3.8, 4) is 67.3 Å². The summed E-state index contributed by atoms with van der Waals surface area (Å²) < 4.78 is 5.20. The molecule has 262 valence electrons. The van der Waals surface area contributed by atoms with Gasteiger partial charge in [-0.15, -0.1) is 22.7 Å². The maximum Gasteiger partial charge on any atom is 0.160 e. The van der Waals surface area contributed by atoms with Crippen LogP contribution >= 0.6 is 22.7 Å². The van der Waals surface area contributed by atoms with Crippen LogP contribution in [-0.2, 0) is 0 Å². The highest BCUT2D eigenvalue weighted by molar-refractivity contribution is 7.26. The Balaban J connectivity index is 1.11. The minimum atomic E-state index is 0.687. The van der Waals surface area contributed by atoms with Gasteiger partial charge in [0.05, 0.1) is 11.4 Å². The molecule has 4 heterocycles. The number of pyridine rings is 1. The van der Waals surface area contributed by atoms with E-state index in [1.54, 1.807) is 0 Å². The quantitative estimate of drug-likeness (QED) is 0.170. The van der Waals surface area contributed by atoms with Gasteiger partial charge in [0.1, 0.15) is 0 Å². The van der Waals surface area contributed by atoms with Crippen LogP contribution < -0.4 is 0 Å². The number of rotatable bonds is 6. The van der Waals surface area contributed by atoms with Gasteiger partial charge < -0.3 is 0 Å². The molecule has 5 heteroatoms. The highest BCUT2D eigenvalue weighted by atomic mass is 32.1. The third kappa shape index (κ3) is 5.86. The first kappa shape index (κ1) is 32.6. The third-order valence-electron chi connectivity index (χ3n) is 10.6. The second-order valence-corrected chi connectivity index (χ2v) is 16.2. The number of aromatic nitrogens is 3. The minimum absolute atomic E-state index is 0.687. The van der Waals surface area contributed by atoms with Crippen molar-refractivity contribution >= 4 is 63.0 Å². The van der Waals surface area contributed by atoms with Crippen molar-refractivity contribution in [2.75, 3.05) is 0 Å². The lowest BCUT2D eigenvalue weighted by Crippen LogP contribution is -1.96. The van der Waals surface area contributed by atoms with Crippen LogP contribution in [0.2, 0.25) is 0 Å². The maximum atomic E-state index is 5.32. The molecule has 4 aromatic heterocycles. The lowest BCUT2D eigenvalue weighted by Gasteiger charge is -2.14. The Morgan fingerprint density at radius 2 is 0.750 bits per heavy atom. The highest BCUT2D eigenvalue weighted by Crippen LogP contribution is 2.41. The molecular weight excluding hydrogens is 719 g/mol. The minimum Gasteiger partial charge on any atom is -0.265 e. The van der Waals surface area contributed by atoms with Crippen LogP contribution in [0.5, 0.6) is 0 Å². The first-order chi connectivity index (χ1) is 27.7. The Labute approximate surface area is 331 Å². The fourth-order valence-electron chi connectivity index (χ4n) is 7.76. The molecule has 0 spiro atoms. The van der Waals surface area contributed by atoms with Crippen molar-refractivity contribution in [1.82, 2.24) is 15.0 Å². The lowest BCUT2D eigenvalue weighted by molar-refractivity contribution is 1.18. The SMILES string of the molecule is c1ccc(-c2cc(-c3cc(-c4ccc5sc6ccccc6c5c4)cc(-c4ccc5sc6ccccc6c5c4)c3)nc(-c3ccc(-c4ccncc4)cc3)n2)cc1. The molecular formula is C51H31N3S2. The van der Waals surface area contributed by atoms with Gasteiger partial charge in [-0.25, -0.2) is 9.97 Å². The maximum absolute atomic E-state index is 5.32. The highest BCUT2D eigenvalue weighted by Gasteiger charge is 2.16. The standard InChI is InChI=1S/C51H31N3S2/c1-2-8-34(9-3-1)45-31-46(54-51(53-45)35-16-14-32(15-17-35)33-22-24-52-25-23-33)40-27-38(36-18-20-49-43(29-36)41-10-4-6-12-47(41)55-49)26-39(28-40)37-19-21-50-44(30-37)42-11-5-7-13-48(42)56-50/h1-31H. The van der Waals surface area contributed by atoms with Crippen molar-refractivity contribution in [2.24, 2.45) is 0 Å². The molecule has 11 rings (SSSR count). The van der Waals surface area contributed by atoms with Crippen LogP contribution in [0.25, 0.3) is 108 Å². The van der Waals surface area contributed by atoms with E-state index in [0.29, 0.717) is 5.82 Å². The van der Waals surface area contributed by atoms with Gasteiger partial charge in [0, 0.05) is 69.4 Å². The molecule has 0 saturated heterocycles. The summed E-state index contributed by atoms with van der Waals surface area (Å²) in [5, 5.41) is 5.16. The van der Waals surface area contributed by atoms with Crippen LogP contribution in [0, 0.1) is 0 Å². The average Bonchev–Trinajstić information content (AvgIpc) is 3.84. The number of hydrogen-bond donors (Lipinski definition) is 0. The Morgan fingerprint density at radius 1 is 0.286 bits per heavy atom. The van der Waals surface area contributed by atoms with Gasteiger partial charge in [0.15, 0.2) is 5.82 Å². The van der Waals surface area contributed by atoms with E-state index in [0.717, 1.165) is 50.3 Å². The molecule has 0 bridgehead atoms. The van der Waals surface area contributed by atoms with Crippen molar-refractivity contribution in [3.63, 3.8) is 0 Å². The first-order valence-electron chi connectivity index (χ1n) is 18.6. The zero-order valence-electron chi connectivity index (χ0n) is 30.1. The molecule has 56 heavy (non-hydrogen) atoms. The molecule has 0 atom stereocenters. The topological polar surface area (TPSA) is 38.7 Å². The summed E-state index contributed by atoms with van der Waals surface area (Å²) in [6.45, 7) is 0. The van der Waals surface area contributed by atoms with Crippen molar-refractivity contribution in [2.45, 2.75) is 0 Å². The number of thiophene rings is 2. The van der Waals surface area contributed by atoms with E-state index in [1.807, 2.05) is 53.3 Å². The third-order valence-corrected chi connectivity index (χ3v) is 12.9. The fraction of sp³-hybridized carbons (Fsp3) is 0. The normalized spacial score (nSPS) is 11.6. The van der Waals surface area contributed by atoms with Crippen molar-refractivity contribution in [1.29, 1.82) is 0 Å². The predicted octanol–water partition coefficient (Wildman–Crippen LogP) is 14.6. The second kappa shape index (κ2) is 13.5. The molecule has 0 fully saturated rings. The Bertz CT molecular complexity index is 3110. The number of nitrogens with zero attached hydrogens (tertiary/aromatic N) is 3. The molecule has 0 amide bonds. The molecule has 0 N–H and O–H groups in total. The van der Waals surface area contributed by atoms with Crippen molar-refractivity contribution in [3.05, 3.63) is 188 Å². The average molecular weight is 750 g/mol. The summed E-state index contributed by atoms with van der Waals surface area (Å²) in [6.07, 6.45) is 3.65. The lowest BCUT2D eigenvalue weighted by atomic mass is 9.93. The molecule has 0 unspecified atom stereocenters. The van der Waals surface area contributed by atoms with Gasteiger partial charge in [0.25, 0.3) is 0 Å². The van der Waals surface area contributed by atoms with Gasteiger partial charge in [-0.1, -0.05) is 103 Å². The van der Waals surface area contributed by atoms with Gasteiger partial charge in [-0.2, -0.15) is 0 Å². The van der Waals surface area contributed by atoms with Crippen LogP contribution in [0.15, 0.2) is 188 Å². The molecule has 11 aromatic rings. The Kier molecular flexibility index (Phi) is 7.87. The molecule has 0 radical (unpaired) electrons. The van der Waals surface area contributed by atoms with Crippen molar-refractivity contribution < 1.29 is 0 Å². The first-order valence-corrected chi connectivity index (χ1v) is 20.3. The van der Waals surface area contributed by atoms with E-state index >= 15 is 0 Å². The summed E-state index contributed by atoms with van der Waals surface area (Å²) in [6, 6.07) is 63.2. The Hall–Kier alpha value is -6.79. The summed E-state index contributed by atoms with van der Waals surface area (Å²) >= 11 is 3.70. The molecule has 0 aliphatic carbocycles. The molecule has 7 aromatic carbocycles. The summed E-state index contributed by atoms with van der Waals surface area (Å²) in [7, 11) is 0. The van der Waals surface area contributed by atoms with E-state index < -0.39 is 0 Å². The van der Waals surface area contributed by atoms with Crippen LogP contribution in [-0.4, -0.2) is 15.0 Å². The van der Waals surface area contributed by atoms with E-state index in [2.05, 4.69) is 163 Å². The fourth-order valence-corrected chi connectivity index (χ4v) is 9.93. The monoisotopic (exact) mass is 749 g/mol. The van der Waals surface area contributed by atoms with E-state index in [-0.39, 0.29) is 0 Å². The molecule has 0 saturated carbocycles. The number of benzene rings is 7. The second-order valence-electron chi connectivity index (χ2n) is 14.1. The zero-order valence-corrected chi connectivity index (χ0v) is 31.7. The van der Waals surface area contributed by atoms with Gasteiger partial charge in [-0.05, 0) is 106 Å². The smallest absolute Gasteiger partial charge is 0.160 e. The van der Waals surface area contributed by atoms with E-state index in [1.165, 1.54) is 51.5 Å². The van der Waals surface area contributed by atoms with Crippen LogP contribution in [0.4, 0.5) is 0 Å². The zero-order chi connectivity index (χ0) is 37.0. The molecule has 0 aliphatic heterocycles. The van der Waals surface area contributed by atoms with E-state index in [4.69, 9.17) is 9.97 Å². The summed E-state index contributed by atoms with van der Waals surface area (Å²) in [5.41, 5.74) is 11.7. The van der Waals surface area contributed by atoms with Gasteiger partial charge in [-0.3, -0.25) is 4.98 Å². The molecule has 3 nitrogen and oxygen atoms in total. The van der Waals surface area contributed by atoms with Gasteiger partial charge in [0.2, 0.25) is 0 Å². The largest absolute Gasteiger partial charge is 0.265 e. The van der Waals surface area contributed by atoms with Crippen LogP contribution in [0.3, 0.4) is 0 Å². The summed E-state index contributed by atoms with van der Waals surface area (Å²) in [5.74, 6) is 0.687. The predicted molar refractivity (Wildman–Crippen MR) is 238 cm³/mol. The number of hydrogen-bond acceptors (Lipinski definition) is 5. The van der Waals surface area contributed by atoms with Gasteiger partial charge >= 0.3 is 0 Å². The Morgan fingerprint density at radius 3 is 1.36 bits per heavy atom. The summed E-state index contributed by atoms with van der Waals surface area (Å²) in [4.78, 5) is 14.7. The molecule has 0 aliphatic rings. The number of fused-ring (bicyclic) bond motifs is 6. The van der Waals surface area contributed by atoms with E-state index in [9.17, 15) is 0 Å².